The predicted molar refractivity (Wildman–Crippen MR) is 87.4 cm³/mol. The van der Waals surface area contributed by atoms with E-state index in [-0.39, 0.29) is 0 Å². The van der Waals surface area contributed by atoms with Gasteiger partial charge in [0.25, 0.3) is 0 Å². The lowest BCUT2D eigenvalue weighted by Crippen LogP contribution is -2.49. The summed E-state index contributed by atoms with van der Waals surface area (Å²) in [6, 6.07) is 4.46. The molecule has 2 aliphatic heterocycles. The number of piperidine rings is 1. The zero-order chi connectivity index (χ0) is 15.3. The van der Waals surface area contributed by atoms with Gasteiger partial charge in [-0.25, -0.2) is 4.79 Å². The molecule has 0 saturated carbocycles. The summed E-state index contributed by atoms with van der Waals surface area (Å²) >= 11 is 3.61. The van der Waals surface area contributed by atoms with E-state index >= 15 is 0 Å². The van der Waals surface area contributed by atoms with Gasteiger partial charge in [0.2, 0.25) is 0 Å². The Hall–Kier alpha value is -1.07. The second kappa shape index (κ2) is 5.29. The van der Waals surface area contributed by atoms with E-state index in [2.05, 4.69) is 46.6 Å². The van der Waals surface area contributed by atoms with Crippen molar-refractivity contribution in [2.75, 3.05) is 25.0 Å². The molecule has 2 aliphatic rings. The standard InChI is InChI=1S/C16H21BrN2O2/c1-9(2)19-14-8-18(3)5-4-11(14)12-6-10(16(20)21)7-13(17)15(12)19/h6-7,9,11,14H,4-5,8H2,1-3H3,(H,20,21). The summed E-state index contributed by atoms with van der Waals surface area (Å²) in [5, 5.41) is 9.31. The molecule has 0 amide bonds. The highest BCUT2D eigenvalue weighted by atomic mass is 79.9. The number of halogens is 1. The average molecular weight is 353 g/mol. The maximum absolute atomic E-state index is 11.3. The van der Waals surface area contributed by atoms with Gasteiger partial charge in [-0.2, -0.15) is 0 Å². The fourth-order valence-electron chi connectivity index (χ4n) is 3.84. The molecule has 0 radical (unpaired) electrons. The summed E-state index contributed by atoms with van der Waals surface area (Å²) in [5.74, 6) is -0.417. The molecule has 3 rings (SSSR count). The van der Waals surface area contributed by atoms with Crippen LogP contribution in [0, 0.1) is 0 Å². The van der Waals surface area contributed by atoms with Crippen LogP contribution in [0.3, 0.4) is 0 Å². The van der Waals surface area contributed by atoms with Crippen LogP contribution >= 0.6 is 15.9 Å². The molecule has 1 fully saturated rings. The number of hydrogen-bond donors (Lipinski definition) is 1. The van der Waals surface area contributed by atoms with Crippen molar-refractivity contribution in [1.29, 1.82) is 0 Å². The fourth-order valence-corrected chi connectivity index (χ4v) is 4.52. The Morgan fingerprint density at radius 2 is 2.14 bits per heavy atom. The van der Waals surface area contributed by atoms with Gasteiger partial charge in [0.1, 0.15) is 0 Å². The number of fused-ring (bicyclic) bond motifs is 3. The first-order valence-corrected chi connectivity index (χ1v) is 8.23. The molecule has 2 unspecified atom stereocenters. The highest BCUT2D eigenvalue weighted by Crippen LogP contribution is 2.49. The third-order valence-corrected chi connectivity index (χ3v) is 5.30. The van der Waals surface area contributed by atoms with E-state index in [1.807, 2.05) is 6.07 Å². The summed E-state index contributed by atoms with van der Waals surface area (Å²) in [6.07, 6.45) is 1.09. The van der Waals surface area contributed by atoms with Crippen molar-refractivity contribution in [3.05, 3.63) is 27.7 Å². The molecular weight excluding hydrogens is 332 g/mol. The molecule has 5 heteroatoms. The number of likely N-dealkylation sites (N-methyl/N-ethyl adjacent to an activating group) is 1. The minimum absolute atomic E-state index is 0.379. The monoisotopic (exact) mass is 352 g/mol. The molecule has 2 heterocycles. The lowest BCUT2D eigenvalue weighted by atomic mass is 9.87. The zero-order valence-corrected chi connectivity index (χ0v) is 14.2. The highest BCUT2D eigenvalue weighted by Gasteiger charge is 2.43. The van der Waals surface area contributed by atoms with E-state index in [0.717, 1.165) is 24.0 Å². The van der Waals surface area contributed by atoms with Crippen molar-refractivity contribution < 1.29 is 9.90 Å². The number of carboxylic acid groups (broad SMARTS) is 1. The van der Waals surface area contributed by atoms with Crippen LogP contribution < -0.4 is 4.90 Å². The summed E-state index contributed by atoms with van der Waals surface area (Å²) < 4.78 is 0.906. The number of carboxylic acids is 1. The summed E-state index contributed by atoms with van der Waals surface area (Å²) in [7, 11) is 2.16. The van der Waals surface area contributed by atoms with Crippen LogP contribution in [0.25, 0.3) is 0 Å². The molecule has 1 aromatic carbocycles. The van der Waals surface area contributed by atoms with E-state index in [9.17, 15) is 9.90 Å². The molecule has 21 heavy (non-hydrogen) atoms. The van der Waals surface area contributed by atoms with Crippen molar-refractivity contribution in [2.45, 2.75) is 38.3 Å². The van der Waals surface area contributed by atoms with Crippen molar-refractivity contribution in [3.63, 3.8) is 0 Å². The zero-order valence-electron chi connectivity index (χ0n) is 12.6. The molecule has 1 saturated heterocycles. The lowest BCUT2D eigenvalue weighted by molar-refractivity contribution is 0.0696. The molecule has 0 aliphatic carbocycles. The van der Waals surface area contributed by atoms with E-state index in [4.69, 9.17) is 0 Å². The number of benzene rings is 1. The van der Waals surface area contributed by atoms with Gasteiger partial charge in [-0.1, -0.05) is 0 Å². The van der Waals surface area contributed by atoms with Crippen LogP contribution in [0.15, 0.2) is 16.6 Å². The molecule has 2 atom stereocenters. The molecule has 4 nitrogen and oxygen atoms in total. The SMILES string of the molecule is CC(C)N1c2c(Br)cc(C(=O)O)cc2C2CCN(C)CC21. The van der Waals surface area contributed by atoms with E-state index in [1.54, 1.807) is 6.07 Å². The van der Waals surface area contributed by atoms with Crippen LogP contribution in [0.4, 0.5) is 5.69 Å². The van der Waals surface area contributed by atoms with Gasteiger partial charge in [0, 0.05) is 29.0 Å². The van der Waals surface area contributed by atoms with Crippen LogP contribution in [-0.4, -0.2) is 48.2 Å². The van der Waals surface area contributed by atoms with E-state index in [1.165, 1.54) is 11.3 Å². The lowest BCUT2D eigenvalue weighted by Gasteiger charge is -2.40. The Labute approximate surface area is 133 Å². The van der Waals surface area contributed by atoms with Crippen LogP contribution in [0.5, 0.6) is 0 Å². The van der Waals surface area contributed by atoms with Gasteiger partial charge in [-0.05, 0) is 67.5 Å². The second-order valence-corrected chi connectivity index (χ2v) is 7.28. The normalized spacial score (nSPS) is 25.1. The number of rotatable bonds is 2. The number of carbonyl (C=O) groups is 1. The molecule has 114 valence electrons. The Kier molecular flexibility index (Phi) is 3.74. The quantitative estimate of drug-likeness (QED) is 0.887. The number of hydrogen-bond acceptors (Lipinski definition) is 3. The van der Waals surface area contributed by atoms with Crippen molar-refractivity contribution in [2.24, 2.45) is 0 Å². The second-order valence-electron chi connectivity index (χ2n) is 6.43. The largest absolute Gasteiger partial charge is 0.478 e. The average Bonchev–Trinajstić information content (AvgIpc) is 2.72. The highest BCUT2D eigenvalue weighted by molar-refractivity contribution is 9.10. The number of aromatic carboxylic acids is 1. The third-order valence-electron chi connectivity index (χ3n) is 4.70. The fraction of sp³-hybridized carbons (Fsp3) is 0.562. The van der Waals surface area contributed by atoms with E-state index in [0.29, 0.717) is 23.6 Å². The minimum Gasteiger partial charge on any atom is -0.478 e. The first-order valence-electron chi connectivity index (χ1n) is 7.43. The first-order chi connectivity index (χ1) is 9.90. The third kappa shape index (κ3) is 2.36. The molecule has 0 bridgehead atoms. The maximum atomic E-state index is 11.3. The van der Waals surface area contributed by atoms with Gasteiger partial charge in [-0.3, -0.25) is 0 Å². The molecule has 1 aromatic rings. The Balaban J connectivity index is 2.13. The van der Waals surface area contributed by atoms with Gasteiger partial charge >= 0.3 is 5.97 Å². The number of nitrogens with zero attached hydrogens (tertiary/aromatic N) is 2. The summed E-state index contributed by atoms with van der Waals surface area (Å²) in [6.45, 7) is 6.52. The Bertz CT molecular complexity index is 588. The maximum Gasteiger partial charge on any atom is 0.335 e. The smallest absolute Gasteiger partial charge is 0.335 e. The van der Waals surface area contributed by atoms with Crippen molar-refractivity contribution in [1.82, 2.24) is 4.90 Å². The molecule has 0 aromatic heterocycles. The summed E-state index contributed by atoms with van der Waals surface area (Å²) in [4.78, 5) is 16.2. The van der Waals surface area contributed by atoms with Gasteiger partial charge in [0.15, 0.2) is 0 Å². The van der Waals surface area contributed by atoms with Gasteiger partial charge < -0.3 is 14.9 Å². The first kappa shape index (κ1) is 14.9. The topological polar surface area (TPSA) is 43.8 Å². The molecule has 0 spiro atoms. The van der Waals surface area contributed by atoms with Crippen LogP contribution in [0.1, 0.15) is 42.1 Å². The summed E-state index contributed by atoms with van der Waals surface area (Å²) in [5.41, 5.74) is 2.78. The van der Waals surface area contributed by atoms with Gasteiger partial charge in [0.05, 0.1) is 11.3 Å². The number of anilines is 1. The Morgan fingerprint density at radius 3 is 2.76 bits per heavy atom. The molecular formula is C16H21BrN2O2. The van der Waals surface area contributed by atoms with Crippen molar-refractivity contribution >= 4 is 27.6 Å². The van der Waals surface area contributed by atoms with Crippen LogP contribution in [0.2, 0.25) is 0 Å². The van der Waals surface area contributed by atoms with E-state index < -0.39 is 5.97 Å². The molecule has 1 N–H and O–H groups in total. The minimum atomic E-state index is -0.856. The van der Waals surface area contributed by atoms with Crippen LogP contribution in [-0.2, 0) is 0 Å². The van der Waals surface area contributed by atoms with Gasteiger partial charge in [-0.15, -0.1) is 0 Å². The Morgan fingerprint density at radius 1 is 1.43 bits per heavy atom. The predicted octanol–water partition coefficient (Wildman–Crippen LogP) is 3.16. The number of likely N-dealkylation sites (tertiary alicyclic amines) is 1. The van der Waals surface area contributed by atoms with Crippen molar-refractivity contribution in [3.8, 4) is 0 Å².